The molecule has 1 unspecified atom stereocenters. The van der Waals surface area contributed by atoms with Gasteiger partial charge in [-0.1, -0.05) is 25.1 Å². The summed E-state index contributed by atoms with van der Waals surface area (Å²) in [5, 5.41) is 4.32. The molecule has 11 nitrogen and oxygen atoms in total. The van der Waals surface area contributed by atoms with Crippen molar-refractivity contribution in [3.63, 3.8) is 0 Å². The van der Waals surface area contributed by atoms with Crippen molar-refractivity contribution in [2.24, 2.45) is 11.0 Å². The van der Waals surface area contributed by atoms with Crippen LogP contribution in [0, 0.1) is 5.92 Å². The summed E-state index contributed by atoms with van der Waals surface area (Å²) in [6.45, 7) is 1.98. The number of nitrogens with one attached hydrogen (secondary N) is 1. The maximum absolute atomic E-state index is 11.8. The lowest BCUT2D eigenvalue weighted by Gasteiger charge is -2.19. The molecule has 5 rings (SSSR count). The Morgan fingerprint density at radius 3 is 1.57 bits per heavy atom. The van der Waals surface area contributed by atoms with Crippen LogP contribution in [0.1, 0.15) is 41.4 Å². The second kappa shape index (κ2) is 14.0. The van der Waals surface area contributed by atoms with Crippen molar-refractivity contribution in [2.45, 2.75) is 13.3 Å². The van der Waals surface area contributed by atoms with Crippen LogP contribution in [0.3, 0.4) is 0 Å². The molecule has 1 aliphatic rings. The van der Waals surface area contributed by atoms with Crippen LogP contribution in [0.25, 0.3) is 35.3 Å². The first-order valence-electron chi connectivity index (χ1n) is 14.5. The van der Waals surface area contributed by atoms with E-state index in [1.54, 1.807) is 42.7 Å². The van der Waals surface area contributed by atoms with Crippen molar-refractivity contribution in [1.29, 1.82) is 0 Å². The van der Waals surface area contributed by atoms with Gasteiger partial charge in [-0.3, -0.25) is 4.79 Å². The molecule has 1 atom stereocenters. The van der Waals surface area contributed by atoms with E-state index in [0.717, 1.165) is 22.4 Å². The minimum atomic E-state index is -0.0976. The molecule has 0 radical (unpaired) electrons. The molecule has 4 aromatic rings. The van der Waals surface area contributed by atoms with Gasteiger partial charge in [-0.15, -0.1) is 0 Å². The largest absolute Gasteiger partial charge is 0.493 e. The van der Waals surface area contributed by atoms with E-state index in [9.17, 15) is 4.79 Å². The number of benzene rings is 3. The Morgan fingerprint density at radius 1 is 0.652 bits per heavy atom. The predicted molar refractivity (Wildman–Crippen MR) is 178 cm³/mol. The molecule has 238 valence electrons. The van der Waals surface area contributed by atoms with Crippen LogP contribution in [-0.2, 0) is 4.79 Å². The standard InChI is InChI=1S/C35H36N4O7/c1-20-14-32(40)38-39-33(20)23-10-13-26-27(19-23)37-25(12-9-22-17-30(43-4)35(46-7)31(18-22)44-5)24(36-26)11-8-21-15-28(41-2)34(45-6)29(16-21)42-3/h8-13,15-20H,14H2,1-7H3,(H,38,40). The van der Waals surface area contributed by atoms with Crippen molar-refractivity contribution >= 4 is 47.0 Å². The Kier molecular flexibility index (Phi) is 9.70. The lowest BCUT2D eigenvalue weighted by Crippen LogP contribution is -2.31. The van der Waals surface area contributed by atoms with E-state index in [4.69, 9.17) is 38.4 Å². The Bertz CT molecular complexity index is 1820. The molecule has 1 N–H and O–H groups in total. The number of hydrazone groups is 1. The summed E-state index contributed by atoms with van der Waals surface area (Å²) < 4.78 is 33.1. The summed E-state index contributed by atoms with van der Waals surface area (Å²) in [7, 11) is 9.43. The molecule has 3 aromatic carbocycles. The summed E-state index contributed by atoms with van der Waals surface area (Å²) in [5.74, 6) is 3.03. The van der Waals surface area contributed by atoms with Crippen LogP contribution in [-0.4, -0.2) is 64.2 Å². The Labute approximate surface area is 267 Å². The van der Waals surface area contributed by atoms with Crippen molar-refractivity contribution in [3.05, 3.63) is 70.5 Å². The number of rotatable bonds is 11. The minimum absolute atomic E-state index is 0.0285. The zero-order valence-electron chi connectivity index (χ0n) is 26.8. The van der Waals surface area contributed by atoms with Gasteiger partial charge in [-0.25, -0.2) is 15.4 Å². The third kappa shape index (κ3) is 6.58. The third-order valence-corrected chi connectivity index (χ3v) is 7.52. The fraction of sp³-hybridized carbons (Fsp3) is 0.257. The second-order valence-electron chi connectivity index (χ2n) is 10.4. The number of fused-ring (bicyclic) bond motifs is 1. The summed E-state index contributed by atoms with van der Waals surface area (Å²) in [6.07, 6.45) is 7.96. The van der Waals surface area contributed by atoms with Gasteiger partial charge in [0.2, 0.25) is 17.4 Å². The van der Waals surface area contributed by atoms with Crippen molar-refractivity contribution < 1.29 is 33.2 Å². The van der Waals surface area contributed by atoms with Crippen LogP contribution in [0.4, 0.5) is 0 Å². The van der Waals surface area contributed by atoms with Crippen LogP contribution < -0.4 is 33.8 Å². The fourth-order valence-electron chi connectivity index (χ4n) is 5.23. The Balaban J connectivity index is 1.62. The quantitative estimate of drug-likeness (QED) is 0.218. The monoisotopic (exact) mass is 624 g/mol. The van der Waals surface area contributed by atoms with Gasteiger partial charge in [0.1, 0.15) is 0 Å². The lowest BCUT2D eigenvalue weighted by molar-refractivity contribution is -0.121. The van der Waals surface area contributed by atoms with Crippen LogP contribution in [0.2, 0.25) is 0 Å². The SMILES string of the molecule is COc1cc(C=Cc2nc3ccc(C4=NNC(=O)CC4C)cc3nc2C=Cc2cc(OC)c(OC)c(OC)c2)cc(OC)c1OC. The number of ether oxygens (including phenoxy) is 6. The molecule has 11 heteroatoms. The number of carbonyl (C=O) groups excluding carboxylic acids is 1. The number of amides is 1. The summed E-state index contributed by atoms with van der Waals surface area (Å²) in [5.41, 5.74) is 8.51. The van der Waals surface area contributed by atoms with Crippen LogP contribution in [0.15, 0.2) is 47.6 Å². The number of aromatic nitrogens is 2. The number of carbonyl (C=O) groups is 1. The highest BCUT2D eigenvalue weighted by atomic mass is 16.5. The topological polar surface area (TPSA) is 123 Å². The Hall–Kier alpha value is -5.58. The fourth-order valence-corrected chi connectivity index (χ4v) is 5.23. The Morgan fingerprint density at radius 2 is 1.13 bits per heavy atom. The molecule has 1 aromatic heterocycles. The average Bonchev–Trinajstić information content (AvgIpc) is 3.08. The van der Waals surface area contributed by atoms with Gasteiger partial charge in [-0.2, -0.15) is 5.10 Å². The first-order valence-corrected chi connectivity index (χ1v) is 14.5. The number of nitrogens with zero attached hydrogens (tertiary/aromatic N) is 3. The lowest BCUT2D eigenvalue weighted by atomic mass is 9.94. The van der Waals surface area contributed by atoms with E-state index < -0.39 is 0 Å². The molecule has 0 saturated carbocycles. The predicted octanol–water partition coefficient (Wildman–Crippen LogP) is 5.88. The van der Waals surface area contributed by atoms with Crippen molar-refractivity contribution in [3.8, 4) is 34.5 Å². The molecule has 0 spiro atoms. The molecule has 0 saturated heterocycles. The molecule has 0 fully saturated rings. The van der Waals surface area contributed by atoms with Crippen LogP contribution >= 0.6 is 0 Å². The summed E-state index contributed by atoms with van der Waals surface area (Å²) in [6, 6.07) is 13.2. The maximum Gasteiger partial charge on any atom is 0.240 e. The number of hydrogen-bond acceptors (Lipinski definition) is 10. The molecule has 2 heterocycles. The van der Waals surface area contributed by atoms with E-state index in [1.165, 1.54) is 0 Å². The first-order chi connectivity index (χ1) is 22.3. The molecular formula is C35H36N4O7. The average molecular weight is 625 g/mol. The van der Waals surface area contributed by atoms with E-state index in [0.29, 0.717) is 63.3 Å². The van der Waals surface area contributed by atoms with Crippen molar-refractivity contribution in [1.82, 2.24) is 15.4 Å². The van der Waals surface area contributed by atoms with Crippen LogP contribution in [0.5, 0.6) is 34.5 Å². The molecule has 46 heavy (non-hydrogen) atoms. The normalized spacial score (nSPS) is 14.7. The number of hydrogen-bond donors (Lipinski definition) is 1. The van der Waals surface area contributed by atoms with Crippen molar-refractivity contribution in [2.75, 3.05) is 42.7 Å². The molecule has 0 aliphatic carbocycles. The second-order valence-corrected chi connectivity index (χ2v) is 10.4. The zero-order valence-corrected chi connectivity index (χ0v) is 26.8. The summed E-state index contributed by atoms with van der Waals surface area (Å²) >= 11 is 0. The van der Waals surface area contributed by atoms with Gasteiger partial charge in [0.15, 0.2) is 23.0 Å². The van der Waals surface area contributed by atoms with Gasteiger partial charge in [0.25, 0.3) is 0 Å². The van der Waals surface area contributed by atoms with E-state index in [2.05, 4.69) is 10.5 Å². The summed E-state index contributed by atoms with van der Waals surface area (Å²) in [4.78, 5) is 21.8. The molecule has 1 amide bonds. The van der Waals surface area contributed by atoms with Gasteiger partial charge in [-0.05, 0) is 59.7 Å². The highest BCUT2D eigenvalue weighted by Gasteiger charge is 2.22. The molecular weight excluding hydrogens is 588 g/mol. The van der Waals surface area contributed by atoms with E-state index in [1.807, 2.05) is 73.7 Å². The number of methoxy groups -OCH3 is 6. The highest BCUT2D eigenvalue weighted by molar-refractivity contribution is 6.07. The molecule has 1 aliphatic heterocycles. The first kappa shape index (κ1) is 31.8. The van der Waals surface area contributed by atoms with E-state index >= 15 is 0 Å². The smallest absolute Gasteiger partial charge is 0.240 e. The van der Waals surface area contributed by atoms with Gasteiger partial charge in [0, 0.05) is 17.9 Å². The minimum Gasteiger partial charge on any atom is -0.493 e. The zero-order chi connectivity index (χ0) is 32.8. The molecule has 0 bridgehead atoms. The van der Waals surface area contributed by atoms with Gasteiger partial charge >= 0.3 is 0 Å². The van der Waals surface area contributed by atoms with Gasteiger partial charge in [0.05, 0.1) is 70.8 Å². The maximum atomic E-state index is 11.8. The van der Waals surface area contributed by atoms with E-state index in [-0.39, 0.29) is 11.8 Å². The highest BCUT2D eigenvalue weighted by Crippen LogP contribution is 2.40. The third-order valence-electron chi connectivity index (χ3n) is 7.52. The van der Waals surface area contributed by atoms with Gasteiger partial charge < -0.3 is 28.4 Å².